The molecule has 1 unspecified atom stereocenters. The molecular formula is C23H36N4O4. The largest absolute Gasteiger partial charge is 0.391 e. The fourth-order valence-electron chi connectivity index (χ4n) is 3.64. The molecular weight excluding hydrogens is 396 g/mol. The van der Waals surface area contributed by atoms with E-state index in [1.165, 1.54) is 0 Å². The van der Waals surface area contributed by atoms with E-state index in [2.05, 4.69) is 22.9 Å². The molecule has 1 aliphatic heterocycles. The average molecular weight is 433 g/mol. The summed E-state index contributed by atoms with van der Waals surface area (Å²) in [4.78, 5) is 23.7. The first-order valence-electron chi connectivity index (χ1n) is 10.4. The number of hydrogen-bond donors (Lipinski definition) is 5. The van der Waals surface area contributed by atoms with Crippen LogP contribution in [-0.2, 0) is 16.1 Å². The van der Waals surface area contributed by atoms with Crippen LogP contribution < -0.4 is 17.0 Å². The molecule has 2 aliphatic rings. The molecule has 8 heteroatoms. The van der Waals surface area contributed by atoms with E-state index in [0.717, 1.165) is 24.0 Å². The van der Waals surface area contributed by atoms with Crippen molar-refractivity contribution in [2.75, 3.05) is 13.1 Å². The number of amides is 2. The summed E-state index contributed by atoms with van der Waals surface area (Å²) in [6, 6.07) is 7.49. The summed E-state index contributed by atoms with van der Waals surface area (Å²) >= 11 is 0. The topological polar surface area (TPSA) is 142 Å². The molecule has 0 aromatic heterocycles. The minimum Gasteiger partial charge on any atom is -0.391 e. The summed E-state index contributed by atoms with van der Waals surface area (Å²) in [5.41, 5.74) is 1.23. The van der Waals surface area contributed by atoms with Crippen molar-refractivity contribution in [1.29, 1.82) is 0 Å². The van der Waals surface area contributed by atoms with Crippen LogP contribution in [0, 0.1) is 17.8 Å². The number of benzene rings is 1. The summed E-state index contributed by atoms with van der Waals surface area (Å²) in [5, 5.41) is 21.9. The van der Waals surface area contributed by atoms with Crippen LogP contribution in [0.3, 0.4) is 0 Å². The van der Waals surface area contributed by atoms with E-state index in [1.807, 2.05) is 38.1 Å². The highest BCUT2D eigenvalue weighted by Crippen LogP contribution is 2.45. The number of hydrogen-bond acceptors (Lipinski definition) is 6. The maximum Gasteiger partial charge on any atom is 0.223 e. The molecule has 8 nitrogen and oxygen atoms in total. The number of carbonyl (C=O) groups is 2. The summed E-state index contributed by atoms with van der Waals surface area (Å²) in [6.07, 6.45) is 9.09. The van der Waals surface area contributed by atoms with Crippen LogP contribution in [0.25, 0.3) is 0 Å². The predicted octanol–water partition coefficient (Wildman–Crippen LogP) is 0.644. The molecule has 31 heavy (non-hydrogen) atoms. The van der Waals surface area contributed by atoms with E-state index in [4.69, 9.17) is 6.42 Å². The first-order chi connectivity index (χ1) is 14.7. The van der Waals surface area contributed by atoms with Gasteiger partial charge in [-0.3, -0.25) is 21.3 Å². The minimum atomic E-state index is -0.506. The van der Waals surface area contributed by atoms with Crippen LogP contribution in [-0.4, -0.2) is 52.2 Å². The van der Waals surface area contributed by atoms with E-state index < -0.39 is 5.60 Å². The highest BCUT2D eigenvalue weighted by molar-refractivity contribution is 5.77. The van der Waals surface area contributed by atoms with Crippen LogP contribution in [0.1, 0.15) is 57.1 Å². The summed E-state index contributed by atoms with van der Waals surface area (Å²) < 4.78 is 0. The molecule has 172 valence electrons. The number of nitrogens with zero attached hydrogens (tertiary/aromatic N) is 1. The predicted molar refractivity (Wildman–Crippen MR) is 120 cm³/mol. The molecule has 0 bridgehead atoms. The van der Waals surface area contributed by atoms with Gasteiger partial charge >= 0.3 is 0 Å². The molecule has 1 aliphatic carbocycles. The quantitative estimate of drug-likeness (QED) is 0.185. The Morgan fingerprint density at radius 3 is 2.42 bits per heavy atom. The normalized spacial score (nSPS) is 18.5. The van der Waals surface area contributed by atoms with Gasteiger partial charge in [0.15, 0.2) is 0 Å². The smallest absolute Gasteiger partial charge is 0.223 e. The highest BCUT2D eigenvalue weighted by atomic mass is 16.3. The van der Waals surface area contributed by atoms with Crippen molar-refractivity contribution in [3.63, 3.8) is 0 Å². The van der Waals surface area contributed by atoms with E-state index in [1.54, 1.807) is 4.90 Å². The zero-order valence-corrected chi connectivity index (χ0v) is 18.5. The molecule has 1 aromatic carbocycles. The second-order valence-corrected chi connectivity index (χ2v) is 8.86. The first kappa shape index (κ1) is 26.6. The first-order valence-corrected chi connectivity index (χ1v) is 10.4. The molecule has 2 amide bonds. The Balaban J connectivity index is 0.000000303. The second kappa shape index (κ2) is 12.4. The Morgan fingerprint density at radius 1 is 1.35 bits per heavy atom. The Bertz CT molecular complexity index is 739. The van der Waals surface area contributed by atoms with Gasteiger partial charge < -0.3 is 20.4 Å². The van der Waals surface area contributed by atoms with Crippen molar-refractivity contribution in [1.82, 2.24) is 10.2 Å². The maximum absolute atomic E-state index is 12.0. The highest BCUT2D eigenvalue weighted by Gasteiger charge is 2.45. The van der Waals surface area contributed by atoms with Gasteiger partial charge in [0.25, 0.3) is 0 Å². The minimum absolute atomic E-state index is 0.107. The van der Waals surface area contributed by atoms with Crippen molar-refractivity contribution in [3.8, 4) is 12.3 Å². The summed E-state index contributed by atoms with van der Waals surface area (Å²) in [6.45, 7) is 5.76. The number of carbonyl (C=O) groups excluding carboxylic acids is 2. The number of hydrazine groups is 1. The number of aliphatic hydroxyl groups is 2. The monoisotopic (exact) mass is 432 g/mol. The Morgan fingerprint density at radius 2 is 1.97 bits per heavy atom. The second-order valence-electron chi connectivity index (χ2n) is 8.86. The van der Waals surface area contributed by atoms with E-state index >= 15 is 0 Å². The van der Waals surface area contributed by atoms with Gasteiger partial charge in [-0.25, -0.2) is 0 Å². The van der Waals surface area contributed by atoms with Gasteiger partial charge in [-0.2, -0.15) is 0 Å². The Hall–Kier alpha value is -2.44. The van der Waals surface area contributed by atoms with Crippen molar-refractivity contribution in [2.45, 2.75) is 64.2 Å². The van der Waals surface area contributed by atoms with Gasteiger partial charge in [-0.1, -0.05) is 31.9 Å². The molecule has 1 atom stereocenters. The lowest BCUT2D eigenvalue weighted by Crippen LogP contribution is -2.34. The van der Waals surface area contributed by atoms with Gasteiger partial charge in [0, 0.05) is 31.6 Å². The zero-order chi connectivity index (χ0) is 23.5. The third-order valence-electron chi connectivity index (χ3n) is 5.29. The van der Waals surface area contributed by atoms with Crippen LogP contribution in [0.15, 0.2) is 24.3 Å². The van der Waals surface area contributed by atoms with Crippen LogP contribution in [0.4, 0.5) is 0 Å². The third kappa shape index (κ3) is 9.94. The van der Waals surface area contributed by atoms with Gasteiger partial charge in [0.05, 0.1) is 11.7 Å². The number of β-amino-alcohol motifs (C(OH)–C–C–N with tert-alkyl or cyclic N) is 1. The molecule has 1 aromatic rings. The van der Waals surface area contributed by atoms with Crippen molar-refractivity contribution >= 4 is 12.3 Å². The van der Waals surface area contributed by atoms with E-state index in [-0.39, 0.29) is 17.4 Å². The van der Waals surface area contributed by atoms with Crippen LogP contribution in [0.5, 0.6) is 0 Å². The fourth-order valence-corrected chi connectivity index (χ4v) is 3.64. The van der Waals surface area contributed by atoms with Gasteiger partial charge in [0.1, 0.15) is 0 Å². The molecule has 0 spiro atoms. The van der Waals surface area contributed by atoms with E-state index in [9.17, 15) is 19.8 Å². The van der Waals surface area contributed by atoms with Crippen LogP contribution >= 0.6 is 0 Å². The molecule has 3 rings (SSSR count). The van der Waals surface area contributed by atoms with E-state index in [0.29, 0.717) is 45.3 Å². The lowest BCUT2D eigenvalue weighted by Gasteiger charge is -2.29. The lowest BCUT2D eigenvalue weighted by molar-refractivity contribution is -0.133. The van der Waals surface area contributed by atoms with Gasteiger partial charge in [-0.05, 0) is 48.8 Å². The molecule has 0 radical (unpaired) electrons. The maximum atomic E-state index is 12.0. The number of terminal acetylenes is 1. The van der Waals surface area contributed by atoms with Crippen molar-refractivity contribution in [2.24, 2.45) is 17.1 Å². The fraction of sp³-hybridized carbons (Fsp3) is 0.565. The Labute approximate surface area is 185 Å². The standard InChI is InChI=1S/C13H23NO3.C10H9NO.H4N2/c1-12(2,9-13(17)4-5-13)7-11(16)14-6-3-10(15)8-14;1-2-9-3-5-10(6-4-9)7-11-8-12;1-2/h10,15,17H,3-9H2,1-2H3;1,3-6,8H,7H2,(H,11,12);1-2H2. The number of aliphatic hydroxyl groups excluding tert-OH is 1. The molecule has 7 N–H and O–H groups in total. The summed E-state index contributed by atoms with van der Waals surface area (Å²) in [5.74, 6) is 10.6. The summed E-state index contributed by atoms with van der Waals surface area (Å²) in [7, 11) is 0. The van der Waals surface area contributed by atoms with Gasteiger partial charge in [0.2, 0.25) is 12.3 Å². The Kier molecular flexibility index (Phi) is 10.7. The van der Waals surface area contributed by atoms with Gasteiger partial charge in [-0.15, -0.1) is 6.42 Å². The number of rotatable bonds is 7. The molecule has 1 saturated heterocycles. The van der Waals surface area contributed by atoms with Crippen LogP contribution in [0.2, 0.25) is 0 Å². The van der Waals surface area contributed by atoms with Crippen molar-refractivity contribution in [3.05, 3.63) is 35.4 Å². The number of nitrogens with one attached hydrogen (secondary N) is 1. The molecule has 1 saturated carbocycles. The molecule has 2 fully saturated rings. The number of likely N-dealkylation sites (tertiary alicyclic amines) is 1. The number of nitrogens with two attached hydrogens (primary N) is 2. The lowest BCUT2D eigenvalue weighted by atomic mass is 9.82. The average Bonchev–Trinajstić information content (AvgIpc) is 3.28. The molecule has 1 heterocycles. The third-order valence-corrected chi connectivity index (χ3v) is 5.29. The van der Waals surface area contributed by atoms with Crippen molar-refractivity contribution < 1.29 is 19.8 Å². The zero-order valence-electron chi connectivity index (χ0n) is 18.5. The SMILES string of the molecule is C#Cc1ccc(CNC=O)cc1.CC(C)(CC(=O)N1CCC(O)C1)CC1(O)CC1.NN.